The Balaban J connectivity index is 1.99. The number of likely N-dealkylation sites (N-methyl/N-ethyl adjacent to an activating group) is 1. The third-order valence-corrected chi connectivity index (χ3v) is 3.00. The number of nitrogens with one attached hydrogen (secondary N) is 2. The van der Waals surface area contributed by atoms with E-state index in [1.807, 2.05) is 25.1 Å². The van der Waals surface area contributed by atoms with Crippen LogP contribution in [0.25, 0.3) is 0 Å². The number of nitriles is 1. The minimum atomic E-state index is -0.326. The Kier molecular flexibility index (Phi) is 5.61. The van der Waals surface area contributed by atoms with E-state index in [4.69, 9.17) is 5.26 Å². The lowest BCUT2D eigenvalue weighted by Gasteiger charge is -2.10. The van der Waals surface area contributed by atoms with Gasteiger partial charge in [0, 0.05) is 25.0 Å². The lowest BCUT2D eigenvalue weighted by molar-refractivity contribution is 0.102. The molecular weight excluding hydrogens is 292 g/mol. The first kappa shape index (κ1) is 16.4. The average molecular weight is 310 g/mol. The van der Waals surface area contributed by atoms with Crippen molar-refractivity contribution in [2.45, 2.75) is 0 Å². The molecule has 0 aliphatic heterocycles. The molecular formula is C16H18N6O. The zero-order chi connectivity index (χ0) is 16.7. The van der Waals surface area contributed by atoms with Crippen LogP contribution >= 0.6 is 0 Å². The largest absolute Gasteiger partial charge is 0.353 e. The van der Waals surface area contributed by atoms with Crippen molar-refractivity contribution in [2.75, 3.05) is 37.8 Å². The first-order valence-corrected chi connectivity index (χ1v) is 7.11. The van der Waals surface area contributed by atoms with E-state index < -0.39 is 0 Å². The van der Waals surface area contributed by atoms with Crippen molar-refractivity contribution in [1.82, 2.24) is 14.9 Å². The molecule has 0 radical (unpaired) electrons. The summed E-state index contributed by atoms with van der Waals surface area (Å²) in [5.41, 5.74) is 1.42. The molecule has 118 valence electrons. The molecule has 2 N–H and O–H groups in total. The summed E-state index contributed by atoms with van der Waals surface area (Å²) in [7, 11) is 3.95. The highest BCUT2D eigenvalue weighted by atomic mass is 16.1. The molecule has 0 aliphatic rings. The van der Waals surface area contributed by atoms with Crippen LogP contribution in [0.2, 0.25) is 0 Å². The minimum absolute atomic E-state index is 0.275. The summed E-state index contributed by atoms with van der Waals surface area (Å²) in [4.78, 5) is 22.5. The van der Waals surface area contributed by atoms with Gasteiger partial charge in [-0.25, -0.2) is 9.97 Å². The predicted octanol–water partition coefficient (Wildman–Crippen LogP) is 1.57. The highest BCUT2D eigenvalue weighted by Crippen LogP contribution is 2.10. The van der Waals surface area contributed by atoms with Crippen LogP contribution in [0, 0.1) is 11.3 Å². The molecule has 0 aliphatic carbocycles. The lowest BCUT2D eigenvalue weighted by atomic mass is 10.2. The second-order valence-electron chi connectivity index (χ2n) is 5.14. The standard InChI is InChI=1S/C16H18N6O/c1-22(2)10-9-19-16-18-8-7-14(21-16)15(23)20-13-5-3-12(11-17)4-6-13/h3-8H,9-10H2,1-2H3,(H,20,23)(H,18,19,21). The summed E-state index contributed by atoms with van der Waals surface area (Å²) in [6.07, 6.45) is 1.54. The molecule has 0 atom stereocenters. The molecule has 0 fully saturated rings. The SMILES string of the molecule is CN(C)CCNc1nccc(C(=O)Nc2ccc(C#N)cc2)n1. The molecule has 7 nitrogen and oxygen atoms in total. The monoisotopic (exact) mass is 310 g/mol. The number of benzene rings is 1. The summed E-state index contributed by atoms with van der Waals surface area (Å²) in [5.74, 6) is 0.0899. The lowest BCUT2D eigenvalue weighted by Crippen LogP contribution is -2.22. The Hall–Kier alpha value is -2.98. The summed E-state index contributed by atoms with van der Waals surface area (Å²) >= 11 is 0. The van der Waals surface area contributed by atoms with E-state index >= 15 is 0 Å². The number of nitrogens with zero attached hydrogens (tertiary/aromatic N) is 4. The van der Waals surface area contributed by atoms with Gasteiger partial charge < -0.3 is 15.5 Å². The van der Waals surface area contributed by atoms with Crippen LogP contribution in [0.15, 0.2) is 36.5 Å². The van der Waals surface area contributed by atoms with Crippen molar-refractivity contribution < 1.29 is 4.79 Å². The van der Waals surface area contributed by atoms with E-state index in [9.17, 15) is 4.79 Å². The number of hydrogen-bond acceptors (Lipinski definition) is 6. The number of anilines is 2. The Morgan fingerprint density at radius 1 is 1.26 bits per heavy atom. The van der Waals surface area contributed by atoms with Gasteiger partial charge in [-0.15, -0.1) is 0 Å². The maximum Gasteiger partial charge on any atom is 0.274 e. The molecule has 1 aromatic heterocycles. The van der Waals surface area contributed by atoms with Gasteiger partial charge in [0.2, 0.25) is 5.95 Å². The van der Waals surface area contributed by atoms with E-state index in [0.717, 1.165) is 6.54 Å². The maximum absolute atomic E-state index is 12.2. The van der Waals surface area contributed by atoms with E-state index in [1.54, 1.807) is 36.5 Å². The first-order valence-electron chi connectivity index (χ1n) is 7.11. The molecule has 2 rings (SSSR count). The minimum Gasteiger partial charge on any atom is -0.353 e. The summed E-state index contributed by atoms with van der Waals surface area (Å²) in [6.45, 7) is 1.53. The van der Waals surface area contributed by atoms with Gasteiger partial charge in [-0.2, -0.15) is 5.26 Å². The van der Waals surface area contributed by atoms with Gasteiger partial charge in [-0.1, -0.05) is 0 Å². The van der Waals surface area contributed by atoms with Crippen LogP contribution in [0.3, 0.4) is 0 Å². The fourth-order valence-electron chi connectivity index (χ4n) is 1.78. The van der Waals surface area contributed by atoms with Crippen LogP contribution in [-0.4, -0.2) is 48.0 Å². The van der Waals surface area contributed by atoms with Crippen LogP contribution in [0.1, 0.15) is 16.1 Å². The molecule has 0 spiro atoms. The van der Waals surface area contributed by atoms with Gasteiger partial charge in [0.1, 0.15) is 5.69 Å². The number of amides is 1. The number of aromatic nitrogens is 2. The Morgan fingerprint density at radius 3 is 2.65 bits per heavy atom. The molecule has 1 amide bonds. The summed E-state index contributed by atoms with van der Waals surface area (Å²) in [5, 5.41) is 14.6. The van der Waals surface area contributed by atoms with Gasteiger partial charge in [-0.05, 0) is 44.4 Å². The van der Waals surface area contributed by atoms with E-state index in [0.29, 0.717) is 23.7 Å². The molecule has 0 saturated heterocycles. The van der Waals surface area contributed by atoms with Crippen molar-refractivity contribution in [2.24, 2.45) is 0 Å². The third kappa shape index (κ3) is 5.05. The number of carbonyl (C=O) groups excluding carboxylic acids is 1. The van der Waals surface area contributed by atoms with Crippen LogP contribution in [0.4, 0.5) is 11.6 Å². The first-order chi connectivity index (χ1) is 11.1. The van der Waals surface area contributed by atoms with Gasteiger partial charge >= 0.3 is 0 Å². The fraction of sp³-hybridized carbons (Fsp3) is 0.250. The van der Waals surface area contributed by atoms with Crippen molar-refractivity contribution in [3.05, 3.63) is 47.8 Å². The zero-order valence-electron chi connectivity index (χ0n) is 13.1. The smallest absolute Gasteiger partial charge is 0.274 e. The van der Waals surface area contributed by atoms with Crippen molar-refractivity contribution in [3.63, 3.8) is 0 Å². The Morgan fingerprint density at radius 2 is 2.00 bits per heavy atom. The molecule has 1 aromatic carbocycles. The van der Waals surface area contributed by atoms with Crippen LogP contribution in [0.5, 0.6) is 0 Å². The highest BCUT2D eigenvalue weighted by molar-refractivity contribution is 6.02. The predicted molar refractivity (Wildman–Crippen MR) is 88.2 cm³/mol. The summed E-state index contributed by atoms with van der Waals surface area (Å²) < 4.78 is 0. The van der Waals surface area contributed by atoms with E-state index in [2.05, 4.69) is 20.6 Å². The second kappa shape index (κ2) is 7.87. The molecule has 7 heteroatoms. The topological polar surface area (TPSA) is 93.9 Å². The summed E-state index contributed by atoms with van der Waals surface area (Å²) in [6, 6.07) is 10.2. The van der Waals surface area contributed by atoms with Crippen molar-refractivity contribution in [1.29, 1.82) is 5.26 Å². The quantitative estimate of drug-likeness (QED) is 0.841. The van der Waals surface area contributed by atoms with E-state index in [1.165, 1.54) is 0 Å². The third-order valence-electron chi connectivity index (χ3n) is 3.00. The van der Waals surface area contributed by atoms with Crippen LogP contribution < -0.4 is 10.6 Å². The van der Waals surface area contributed by atoms with Gasteiger partial charge in [0.05, 0.1) is 11.6 Å². The average Bonchev–Trinajstić information content (AvgIpc) is 2.55. The second-order valence-corrected chi connectivity index (χ2v) is 5.14. The molecule has 0 saturated carbocycles. The molecule has 2 aromatic rings. The van der Waals surface area contributed by atoms with Gasteiger partial charge in [0.15, 0.2) is 0 Å². The Bertz CT molecular complexity index is 705. The maximum atomic E-state index is 12.2. The zero-order valence-corrected chi connectivity index (χ0v) is 13.1. The number of hydrogen-bond donors (Lipinski definition) is 2. The normalized spacial score (nSPS) is 10.2. The van der Waals surface area contributed by atoms with Crippen molar-refractivity contribution >= 4 is 17.5 Å². The Labute approximate surface area is 135 Å². The molecule has 1 heterocycles. The molecule has 0 unspecified atom stereocenters. The highest BCUT2D eigenvalue weighted by Gasteiger charge is 2.09. The van der Waals surface area contributed by atoms with Gasteiger partial charge in [-0.3, -0.25) is 4.79 Å². The molecule has 0 bridgehead atoms. The fourth-order valence-corrected chi connectivity index (χ4v) is 1.78. The van der Waals surface area contributed by atoms with Gasteiger partial charge in [0.25, 0.3) is 5.91 Å². The van der Waals surface area contributed by atoms with Crippen molar-refractivity contribution in [3.8, 4) is 6.07 Å². The number of carbonyl (C=O) groups is 1. The number of rotatable bonds is 6. The van der Waals surface area contributed by atoms with E-state index in [-0.39, 0.29) is 11.6 Å². The van der Waals surface area contributed by atoms with Crippen LogP contribution in [-0.2, 0) is 0 Å². The molecule has 23 heavy (non-hydrogen) atoms.